The minimum Gasteiger partial charge on any atom is -0.496 e. The van der Waals surface area contributed by atoms with Crippen LogP contribution in [0.1, 0.15) is 50.3 Å². The molecule has 1 heterocycles. The van der Waals surface area contributed by atoms with Crippen molar-refractivity contribution in [3.8, 4) is 11.5 Å². The first-order valence-corrected chi connectivity index (χ1v) is 7.06. The van der Waals surface area contributed by atoms with Gasteiger partial charge in [0, 0.05) is 23.7 Å². The fourth-order valence-electron chi connectivity index (χ4n) is 3.02. The summed E-state index contributed by atoms with van der Waals surface area (Å²) in [5, 5.41) is 3.65. The van der Waals surface area contributed by atoms with Gasteiger partial charge in [0.1, 0.15) is 11.5 Å². The van der Waals surface area contributed by atoms with Crippen LogP contribution >= 0.6 is 0 Å². The molecule has 19 heavy (non-hydrogen) atoms. The largest absolute Gasteiger partial charge is 0.496 e. The van der Waals surface area contributed by atoms with Crippen LogP contribution in [0, 0.1) is 5.92 Å². The number of ether oxygens (including phenoxy) is 2. The predicted octanol–water partition coefficient (Wildman–Crippen LogP) is 3.50. The number of methoxy groups -OCH3 is 2. The molecule has 0 aromatic heterocycles. The van der Waals surface area contributed by atoms with Crippen LogP contribution in [0.15, 0.2) is 12.1 Å². The molecule has 0 bridgehead atoms. The van der Waals surface area contributed by atoms with E-state index in [0.29, 0.717) is 17.9 Å². The number of benzene rings is 1. The summed E-state index contributed by atoms with van der Waals surface area (Å²) < 4.78 is 11.1. The summed E-state index contributed by atoms with van der Waals surface area (Å²) in [5.74, 6) is 3.05. The zero-order valence-electron chi connectivity index (χ0n) is 12.6. The molecule has 0 aliphatic carbocycles. The first-order valence-electron chi connectivity index (χ1n) is 7.06. The molecule has 1 aromatic rings. The molecule has 2 rings (SSSR count). The smallest absolute Gasteiger partial charge is 0.124 e. The molecule has 0 spiro atoms. The molecule has 1 N–H and O–H groups in total. The van der Waals surface area contributed by atoms with E-state index in [-0.39, 0.29) is 0 Å². The molecule has 3 heteroatoms. The maximum atomic E-state index is 5.58. The van der Waals surface area contributed by atoms with Crippen LogP contribution in [0.2, 0.25) is 0 Å². The van der Waals surface area contributed by atoms with E-state index in [1.54, 1.807) is 14.2 Å². The third-order valence-electron chi connectivity index (χ3n) is 3.87. The topological polar surface area (TPSA) is 30.5 Å². The average Bonchev–Trinajstić information content (AvgIpc) is 2.40. The Morgan fingerprint density at radius 1 is 1.16 bits per heavy atom. The molecule has 0 saturated carbocycles. The molecule has 106 valence electrons. The monoisotopic (exact) mass is 263 g/mol. The highest BCUT2D eigenvalue weighted by atomic mass is 16.5. The Morgan fingerprint density at radius 2 is 1.74 bits per heavy atom. The van der Waals surface area contributed by atoms with E-state index < -0.39 is 0 Å². The van der Waals surface area contributed by atoms with Crippen molar-refractivity contribution in [2.24, 2.45) is 5.92 Å². The van der Waals surface area contributed by atoms with Crippen molar-refractivity contribution in [3.05, 3.63) is 23.3 Å². The van der Waals surface area contributed by atoms with Crippen LogP contribution in [0.3, 0.4) is 0 Å². The fraction of sp³-hybridized carbons (Fsp3) is 0.625. The molecule has 2 unspecified atom stereocenters. The van der Waals surface area contributed by atoms with Gasteiger partial charge in [-0.15, -0.1) is 0 Å². The quantitative estimate of drug-likeness (QED) is 0.902. The Labute approximate surface area is 116 Å². The Bertz CT molecular complexity index is 443. The van der Waals surface area contributed by atoms with E-state index in [1.165, 1.54) is 11.1 Å². The van der Waals surface area contributed by atoms with E-state index in [0.717, 1.165) is 24.5 Å². The van der Waals surface area contributed by atoms with Gasteiger partial charge >= 0.3 is 0 Å². The van der Waals surface area contributed by atoms with Crippen molar-refractivity contribution >= 4 is 0 Å². The van der Waals surface area contributed by atoms with E-state index in [2.05, 4.69) is 26.1 Å². The van der Waals surface area contributed by atoms with Crippen LogP contribution in [-0.2, 0) is 0 Å². The van der Waals surface area contributed by atoms with Crippen LogP contribution in [-0.4, -0.2) is 20.8 Å². The summed E-state index contributed by atoms with van der Waals surface area (Å²) in [6.07, 6.45) is 1.11. The summed E-state index contributed by atoms with van der Waals surface area (Å²) >= 11 is 0. The highest BCUT2D eigenvalue weighted by molar-refractivity contribution is 5.53. The van der Waals surface area contributed by atoms with Crippen molar-refractivity contribution in [2.75, 3.05) is 20.8 Å². The van der Waals surface area contributed by atoms with E-state index in [1.807, 2.05) is 12.1 Å². The number of fused-ring (bicyclic) bond motifs is 1. The van der Waals surface area contributed by atoms with Gasteiger partial charge in [0.15, 0.2) is 0 Å². The zero-order chi connectivity index (χ0) is 14.0. The minimum atomic E-state index is 0.358. The van der Waals surface area contributed by atoms with Gasteiger partial charge in [-0.05, 0) is 30.4 Å². The first-order chi connectivity index (χ1) is 9.08. The lowest BCUT2D eigenvalue weighted by Crippen LogP contribution is -2.33. The van der Waals surface area contributed by atoms with Crippen LogP contribution < -0.4 is 14.8 Å². The summed E-state index contributed by atoms with van der Waals surface area (Å²) in [7, 11) is 3.49. The van der Waals surface area contributed by atoms with Gasteiger partial charge in [-0.1, -0.05) is 20.8 Å². The van der Waals surface area contributed by atoms with Crippen LogP contribution in [0.4, 0.5) is 0 Å². The molecule has 1 aromatic carbocycles. The highest BCUT2D eigenvalue weighted by Crippen LogP contribution is 2.43. The Hall–Kier alpha value is -1.22. The molecule has 0 radical (unpaired) electrons. The number of hydrogen-bond donors (Lipinski definition) is 1. The van der Waals surface area contributed by atoms with E-state index in [9.17, 15) is 0 Å². The van der Waals surface area contributed by atoms with Crippen molar-refractivity contribution in [1.29, 1.82) is 0 Å². The van der Waals surface area contributed by atoms with Crippen LogP contribution in [0.25, 0.3) is 0 Å². The van der Waals surface area contributed by atoms with Gasteiger partial charge in [0.25, 0.3) is 0 Å². The van der Waals surface area contributed by atoms with Gasteiger partial charge in [0.2, 0.25) is 0 Å². The second-order valence-corrected chi connectivity index (χ2v) is 5.79. The molecule has 2 atom stereocenters. The standard InChI is InChI=1S/C16H25NO2/c1-10(2)8-12-16-14(19-5)7-6-13(18-4)15(16)11(3)9-17-12/h6-7,10-12,17H,8-9H2,1-5H3. The summed E-state index contributed by atoms with van der Waals surface area (Å²) in [6.45, 7) is 7.74. The maximum Gasteiger partial charge on any atom is 0.124 e. The number of hydrogen-bond acceptors (Lipinski definition) is 3. The second kappa shape index (κ2) is 5.83. The van der Waals surface area contributed by atoms with Crippen molar-refractivity contribution < 1.29 is 9.47 Å². The van der Waals surface area contributed by atoms with Crippen molar-refractivity contribution in [1.82, 2.24) is 5.32 Å². The average molecular weight is 263 g/mol. The predicted molar refractivity (Wildman–Crippen MR) is 78.2 cm³/mol. The number of nitrogens with one attached hydrogen (secondary N) is 1. The van der Waals surface area contributed by atoms with E-state index >= 15 is 0 Å². The Balaban J connectivity index is 2.53. The zero-order valence-corrected chi connectivity index (χ0v) is 12.6. The minimum absolute atomic E-state index is 0.358. The molecular weight excluding hydrogens is 238 g/mol. The third kappa shape index (κ3) is 2.71. The third-order valence-corrected chi connectivity index (χ3v) is 3.87. The van der Waals surface area contributed by atoms with Crippen molar-refractivity contribution in [3.63, 3.8) is 0 Å². The maximum absolute atomic E-state index is 5.58. The lowest BCUT2D eigenvalue weighted by atomic mass is 9.83. The summed E-state index contributed by atoms with van der Waals surface area (Å²) in [5.41, 5.74) is 2.60. The van der Waals surface area contributed by atoms with Gasteiger partial charge in [-0.2, -0.15) is 0 Å². The molecule has 3 nitrogen and oxygen atoms in total. The SMILES string of the molecule is COc1ccc(OC)c2c1C(C)CNC2CC(C)C. The lowest BCUT2D eigenvalue weighted by Gasteiger charge is -2.34. The molecule has 1 aliphatic heterocycles. The van der Waals surface area contributed by atoms with Gasteiger partial charge in [-0.25, -0.2) is 0 Å². The Morgan fingerprint density at radius 3 is 2.26 bits per heavy atom. The van der Waals surface area contributed by atoms with Gasteiger partial charge in [0.05, 0.1) is 14.2 Å². The first kappa shape index (κ1) is 14.2. The lowest BCUT2D eigenvalue weighted by molar-refractivity contribution is 0.346. The molecule has 0 fully saturated rings. The normalized spacial score (nSPS) is 22.2. The number of rotatable bonds is 4. The van der Waals surface area contributed by atoms with E-state index in [4.69, 9.17) is 9.47 Å². The van der Waals surface area contributed by atoms with Gasteiger partial charge in [-0.3, -0.25) is 0 Å². The molecule has 0 saturated heterocycles. The fourth-order valence-corrected chi connectivity index (χ4v) is 3.02. The van der Waals surface area contributed by atoms with Gasteiger partial charge < -0.3 is 14.8 Å². The molecule has 0 amide bonds. The highest BCUT2D eigenvalue weighted by Gasteiger charge is 2.30. The van der Waals surface area contributed by atoms with Crippen molar-refractivity contribution in [2.45, 2.75) is 39.2 Å². The van der Waals surface area contributed by atoms with Crippen LogP contribution in [0.5, 0.6) is 11.5 Å². The molecule has 1 aliphatic rings. The Kier molecular flexibility index (Phi) is 4.35. The molecular formula is C16H25NO2. The second-order valence-electron chi connectivity index (χ2n) is 5.79. The summed E-state index contributed by atoms with van der Waals surface area (Å²) in [4.78, 5) is 0. The summed E-state index contributed by atoms with van der Waals surface area (Å²) in [6, 6.07) is 4.40.